The van der Waals surface area contributed by atoms with Crippen molar-refractivity contribution in [2.45, 2.75) is 25.4 Å². The van der Waals surface area contributed by atoms with Crippen molar-refractivity contribution in [3.63, 3.8) is 0 Å². The van der Waals surface area contributed by atoms with Gasteiger partial charge in [-0.25, -0.2) is 4.98 Å². The molecule has 4 rings (SSSR count). The lowest BCUT2D eigenvalue weighted by molar-refractivity contribution is 0.0699. The van der Waals surface area contributed by atoms with Gasteiger partial charge in [-0.3, -0.25) is 14.8 Å². The minimum absolute atomic E-state index is 0.0332. The Bertz CT molecular complexity index is 944. The van der Waals surface area contributed by atoms with Gasteiger partial charge in [-0.05, 0) is 30.5 Å². The summed E-state index contributed by atoms with van der Waals surface area (Å²) in [4.78, 5) is 27.5. The summed E-state index contributed by atoms with van der Waals surface area (Å²) < 4.78 is 0. The number of amides is 1. The van der Waals surface area contributed by atoms with E-state index in [4.69, 9.17) is 4.98 Å². The second kappa shape index (κ2) is 8.27. The summed E-state index contributed by atoms with van der Waals surface area (Å²) in [6, 6.07) is 13.8. The van der Waals surface area contributed by atoms with Crippen molar-refractivity contribution in [2.24, 2.45) is 0 Å². The fourth-order valence-corrected chi connectivity index (χ4v) is 3.60. The Kier molecular flexibility index (Phi) is 5.39. The van der Waals surface area contributed by atoms with Gasteiger partial charge in [0.15, 0.2) is 0 Å². The first kappa shape index (κ1) is 18.3. The smallest absolute Gasteiger partial charge is 0.274 e. The highest BCUT2D eigenvalue weighted by Crippen LogP contribution is 2.28. The Balaban J connectivity index is 1.53. The molecule has 0 saturated carbocycles. The number of aliphatic hydroxyl groups is 1. The molecule has 0 aliphatic carbocycles. The van der Waals surface area contributed by atoms with Gasteiger partial charge in [0.2, 0.25) is 0 Å². The van der Waals surface area contributed by atoms with Gasteiger partial charge in [0.25, 0.3) is 5.91 Å². The van der Waals surface area contributed by atoms with Crippen LogP contribution in [0.5, 0.6) is 0 Å². The van der Waals surface area contributed by atoms with Crippen LogP contribution in [0.3, 0.4) is 0 Å². The van der Waals surface area contributed by atoms with E-state index < -0.39 is 0 Å². The van der Waals surface area contributed by atoms with Crippen LogP contribution in [0, 0.1) is 0 Å². The Morgan fingerprint density at radius 1 is 1.14 bits per heavy atom. The van der Waals surface area contributed by atoms with Gasteiger partial charge in [-0.15, -0.1) is 0 Å². The van der Waals surface area contributed by atoms with Crippen LogP contribution in [0.2, 0.25) is 0 Å². The maximum Gasteiger partial charge on any atom is 0.274 e. The molecule has 6 heteroatoms. The molecule has 1 fully saturated rings. The molecule has 0 unspecified atom stereocenters. The first-order valence-electron chi connectivity index (χ1n) is 9.47. The van der Waals surface area contributed by atoms with Crippen molar-refractivity contribution in [3.05, 3.63) is 78.0 Å². The van der Waals surface area contributed by atoms with Gasteiger partial charge in [-0.1, -0.05) is 30.3 Å². The lowest BCUT2D eigenvalue weighted by atomic mass is 9.93. The van der Waals surface area contributed by atoms with E-state index in [0.717, 1.165) is 41.9 Å². The van der Waals surface area contributed by atoms with E-state index in [2.05, 4.69) is 9.97 Å². The number of hydrogen-bond acceptors (Lipinski definition) is 5. The molecule has 0 bridgehead atoms. The summed E-state index contributed by atoms with van der Waals surface area (Å²) in [5.74, 6) is 0.125. The molecule has 3 heterocycles. The first-order chi connectivity index (χ1) is 13.7. The normalized spacial score (nSPS) is 16.8. The molecule has 1 saturated heterocycles. The Hall–Kier alpha value is -3.12. The number of carbonyl (C=O) groups excluding carboxylic acids is 1. The van der Waals surface area contributed by atoms with Crippen LogP contribution < -0.4 is 0 Å². The number of carbonyl (C=O) groups is 1. The predicted octanol–water partition coefficient (Wildman–Crippen LogP) is 3.05. The van der Waals surface area contributed by atoms with Crippen molar-refractivity contribution in [1.82, 2.24) is 19.9 Å². The van der Waals surface area contributed by atoms with E-state index in [0.29, 0.717) is 12.2 Å². The lowest BCUT2D eigenvalue weighted by Gasteiger charge is -2.32. The highest BCUT2D eigenvalue weighted by molar-refractivity contribution is 5.92. The SMILES string of the molecule is O=C(c1cnccn1)N1CCC[C@H](c2cccc(-c3ccc(CO)cc3)n2)C1. The zero-order chi connectivity index (χ0) is 19.3. The van der Waals surface area contributed by atoms with Gasteiger partial charge in [-0.2, -0.15) is 0 Å². The number of likely N-dealkylation sites (tertiary alicyclic amines) is 1. The summed E-state index contributed by atoms with van der Waals surface area (Å²) in [6.07, 6.45) is 6.57. The highest BCUT2D eigenvalue weighted by atomic mass is 16.3. The minimum atomic E-state index is -0.0754. The third-order valence-electron chi connectivity index (χ3n) is 5.11. The summed E-state index contributed by atoms with van der Waals surface area (Å²) in [7, 11) is 0. The number of hydrogen-bond donors (Lipinski definition) is 1. The van der Waals surface area contributed by atoms with E-state index in [1.54, 1.807) is 12.4 Å². The lowest BCUT2D eigenvalue weighted by Crippen LogP contribution is -2.39. The van der Waals surface area contributed by atoms with Crippen LogP contribution in [0.25, 0.3) is 11.3 Å². The van der Waals surface area contributed by atoms with E-state index in [1.165, 1.54) is 6.20 Å². The maximum absolute atomic E-state index is 12.7. The number of rotatable bonds is 4. The molecule has 0 spiro atoms. The second-order valence-corrected chi connectivity index (χ2v) is 6.98. The summed E-state index contributed by atoms with van der Waals surface area (Å²) in [5, 5.41) is 9.21. The van der Waals surface area contributed by atoms with Crippen molar-refractivity contribution >= 4 is 5.91 Å². The number of aromatic nitrogens is 3. The van der Waals surface area contributed by atoms with E-state index in [-0.39, 0.29) is 18.4 Å². The second-order valence-electron chi connectivity index (χ2n) is 6.98. The zero-order valence-corrected chi connectivity index (χ0v) is 15.5. The predicted molar refractivity (Wildman–Crippen MR) is 106 cm³/mol. The third kappa shape index (κ3) is 3.92. The summed E-state index contributed by atoms with van der Waals surface area (Å²) >= 11 is 0. The molecule has 1 amide bonds. The highest BCUT2D eigenvalue weighted by Gasteiger charge is 2.27. The fraction of sp³-hybridized carbons (Fsp3) is 0.273. The molecule has 2 aromatic heterocycles. The van der Waals surface area contributed by atoms with Crippen molar-refractivity contribution < 1.29 is 9.90 Å². The standard InChI is InChI=1S/C22H22N4O2/c27-15-16-6-8-17(9-7-16)19-4-1-5-20(25-19)18-3-2-12-26(14-18)22(28)21-13-23-10-11-24-21/h1,4-11,13,18,27H,2-3,12,14-15H2/t18-/m0/s1. The number of pyridine rings is 1. The van der Waals surface area contributed by atoms with E-state index in [1.807, 2.05) is 47.4 Å². The van der Waals surface area contributed by atoms with Crippen molar-refractivity contribution in [2.75, 3.05) is 13.1 Å². The van der Waals surface area contributed by atoms with Crippen LogP contribution in [0.4, 0.5) is 0 Å². The molecule has 1 atom stereocenters. The average Bonchev–Trinajstić information content (AvgIpc) is 2.79. The van der Waals surface area contributed by atoms with Crippen LogP contribution in [0.15, 0.2) is 61.1 Å². The molecule has 28 heavy (non-hydrogen) atoms. The summed E-state index contributed by atoms with van der Waals surface area (Å²) in [5.41, 5.74) is 4.18. The number of piperidine rings is 1. The molecule has 1 aliphatic heterocycles. The maximum atomic E-state index is 12.7. The number of aliphatic hydroxyl groups excluding tert-OH is 1. The Morgan fingerprint density at radius 3 is 2.75 bits per heavy atom. The average molecular weight is 374 g/mol. The van der Waals surface area contributed by atoms with Crippen LogP contribution in [0.1, 0.15) is 40.5 Å². The molecule has 142 valence electrons. The van der Waals surface area contributed by atoms with E-state index >= 15 is 0 Å². The Labute approximate surface area is 163 Å². The number of benzene rings is 1. The minimum Gasteiger partial charge on any atom is -0.392 e. The molecule has 6 nitrogen and oxygen atoms in total. The first-order valence-corrected chi connectivity index (χ1v) is 9.47. The van der Waals surface area contributed by atoms with Crippen LogP contribution in [-0.2, 0) is 6.61 Å². The molecular weight excluding hydrogens is 352 g/mol. The molecule has 0 radical (unpaired) electrons. The quantitative estimate of drug-likeness (QED) is 0.759. The monoisotopic (exact) mass is 374 g/mol. The molecular formula is C22H22N4O2. The van der Waals surface area contributed by atoms with Crippen LogP contribution >= 0.6 is 0 Å². The van der Waals surface area contributed by atoms with Gasteiger partial charge < -0.3 is 10.0 Å². The fourth-order valence-electron chi connectivity index (χ4n) is 3.60. The third-order valence-corrected chi connectivity index (χ3v) is 5.11. The van der Waals surface area contributed by atoms with Gasteiger partial charge in [0, 0.05) is 42.7 Å². The van der Waals surface area contributed by atoms with Gasteiger partial charge in [0.05, 0.1) is 18.5 Å². The van der Waals surface area contributed by atoms with Crippen LogP contribution in [-0.4, -0.2) is 44.0 Å². The number of nitrogens with zero attached hydrogens (tertiary/aromatic N) is 4. The Morgan fingerprint density at radius 2 is 2.00 bits per heavy atom. The zero-order valence-electron chi connectivity index (χ0n) is 15.5. The van der Waals surface area contributed by atoms with Crippen molar-refractivity contribution in [3.8, 4) is 11.3 Å². The van der Waals surface area contributed by atoms with E-state index in [9.17, 15) is 9.90 Å². The molecule has 1 aromatic carbocycles. The molecule has 1 N–H and O–H groups in total. The van der Waals surface area contributed by atoms with Gasteiger partial charge >= 0.3 is 0 Å². The van der Waals surface area contributed by atoms with Crippen molar-refractivity contribution in [1.29, 1.82) is 0 Å². The largest absolute Gasteiger partial charge is 0.392 e. The van der Waals surface area contributed by atoms with Gasteiger partial charge in [0.1, 0.15) is 5.69 Å². The summed E-state index contributed by atoms with van der Waals surface area (Å²) in [6.45, 7) is 1.40. The molecule has 3 aromatic rings. The molecule has 1 aliphatic rings. The topological polar surface area (TPSA) is 79.2 Å².